The lowest BCUT2D eigenvalue weighted by molar-refractivity contribution is -0.143. The summed E-state index contributed by atoms with van der Waals surface area (Å²) in [5.74, 6) is -0.581. The molecule has 0 radical (unpaired) electrons. The number of aromatic amines is 1. The molecule has 0 bridgehead atoms. The Bertz CT molecular complexity index is 1850. The van der Waals surface area contributed by atoms with Crippen LogP contribution in [0.25, 0.3) is 33.1 Å². The second-order valence-corrected chi connectivity index (χ2v) is 14.5. The molecule has 3 aromatic heterocycles. The van der Waals surface area contributed by atoms with Crippen LogP contribution in [-0.2, 0) is 4.74 Å². The lowest BCUT2D eigenvalue weighted by Gasteiger charge is -2.57. The highest BCUT2D eigenvalue weighted by Gasteiger charge is 2.55. The molecule has 0 unspecified atom stereocenters. The molecule has 0 amide bonds. The molecule has 4 aromatic rings. The summed E-state index contributed by atoms with van der Waals surface area (Å²) in [6, 6.07) is 1.52. The maximum atomic E-state index is 16.8. The van der Waals surface area contributed by atoms with E-state index in [0.717, 1.165) is 32.2 Å². The Morgan fingerprint density at radius 1 is 1.15 bits per heavy atom. The summed E-state index contributed by atoms with van der Waals surface area (Å²) in [7, 11) is 1.64. The number of aliphatic hydroxyl groups is 1. The SMILES string of the molecule is COCCC1(O)CC2(CCCN(c3nc(OC[C@@]45CCCN4C[C@H](F)C5)nc4c(F)c(-c5c(O)c(Cl)cc6[nH]ncc56)ncc34)C2)C1. The Hall–Kier alpha value is -3.39. The summed E-state index contributed by atoms with van der Waals surface area (Å²) in [5.41, 5.74) is -0.821. The number of piperidine rings is 1. The molecule has 11 nitrogen and oxygen atoms in total. The van der Waals surface area contributed by atoms with Gasteiger partial charge in [0.1, 0.15) is 35.6 Å². The molecule has 6 heterocycles. The summed E-state index contributed by atoms with van der Waals surface area (Å²) in [4.78, 5) is 18.2. The minimum Gasteiger partial charge on any atom is -0.506 e. The Morgan fingerprint density at radius 2 is 1.98 bits per heavy atom. The highest BCUT2D eigenvalue weighted by Crippen LogP contribution is 2.55. The van der Waals surface area contributed by atoms with Gasteiger partial charge in [-0.15, -0.1) is 0 Å². The van der Waals surface area contributed by atoms with Crippen molar-refractivity contribution in [2.45, 2.75) is 68.7 Å². The Morgan fingerprint density at radius 3 is 2.81 bits per heavy atom. The number of nitrogens with one attached hydrogen (secondary N) is 1. The van der Waals surface area contributed by atoms with Gasteiger partial charge in [0.15, 0.2) is 5.82 Å². The molecule has 2 atom stereocenters. The van der Waals surface area contributed by atoms with Crippen molar-refractivity contribution in [3.8, 4) is 23.0 Å². The van der Waals surface area contributed by atoms with Crippen molar-refractivity contribution in [1.82, 2.24) is 30.0 Å². The number of phenols is 1. The van der Waals surface area contributed by atoms with Crippen LogP contribution in [0.1, 0.15) is 51.4 Å². The summed E-state index contributed by atoms with van der Waals surface area (Å²) < 4.78 is 42.8. The fourth-order valence-electron chi connectivity index (χ4n) is 8.93. The monoisotopic (exact) mass is 669 g/mol. The average molecular weight is 670 g/mol. The summed E-state index contributed by atoms with van der Waals surface area (Å²) >= 11 is 6.32. The maximum Gasteiger partial charge on any atom is 0.319 e. The van der Waals surface area contributed by atoms with Crippen LogP contribution in [0.15, 0.2) is 18.5 Å². The number of H-pyrrole nitrogens is 1. The number of benzene rings is 1. The molecule has 3 saturated heterocycles. The van der Waals surface area contributed by atoms with Gasteiger partial charge in [-0.05, 0) is 63.0 Å². The van der Waals surface area contributed by atoms with Gasteiger partial charge >= 0.3 is 6.01 Å². The third-order valence-electron chi connectivity index (χ3n) is 10.9. The van der Waals surface area contributed by atoms with Gasteiger partial charge < -0.3 is 24.6 Å². The van der Waals surface area contributed by atoms with E-state index in [1.54, 1.807) is 7.11 Å². The van der Waals surface area contributed by atoms with E-state index in [0.29, 0.717) is 74.0 Å². The molecule has 4 aliphatic rings. The van der Waals surface area contributed by atoms with E-state index >= 15 is 4.39 Å². The highest BCUT2D eigenvalue weighted by atomic mass is 35.5. The smallest absolute Gasteiger partial charge is 0.319 e. The van der Waals surface area contributed by atoms with Gasteiger partial charge in [0.05, 0.1) is 38.8 Å². The van der Waals surface area contributed by atoms with Crippen molar-refractivity contribution in [2.75, 3.05) is 51.4 Å². The molecule has 14 heteroatoms. The van der Waals surface area contributed by atoms with Crippen molar-refractivity contribution in [3.63, 3.8) is 0 Å². The minimum atomic E-state index is -0.919. The second kappa shape index (κ2) is 11.4. The molecule has 8 rings (SSSR count). The molecule has 1 spiro atoms. The predicted molar refractivity (Wildman–Crippen MR) is 172 cm³/mol. The second-order valence-electron chi connectivity index (χ2n) is 14.1. The van der Waals surface area contributed by atoms with E-state index in [1.165, 1.54) is 18.5 Å². The van der Waals surface area contributed by atoms with Crippen LogP contribution in [-0.4, -0.2) is 104 Å². The number of methoxy groups -OCH3 is 1. The van der Waals surface area contributed by atoms with Crippen LogP contribution in [0.4, 0.5) is 14.6 Å². The van der Waals surface area contributed by atoms with Gasteiger partial charge in [-0.3, -0.25) is 15.0 Å². The number of rotatable bonds is 8. The zero-order chi connectivity index (χ0) is 32.6. The number of hydrogen-bond acceptors (Lipinski definition) is 10. The fourth-order valence-corrected chi connectivity index (χ4v) is 9.13. The number of aromatic nitrogens is 5. The van der Waals surface area contributed by atoms with Gasteiger partial charge in [-0.1, -0.05) is 11.6 Å². The zero-order valence-corrected chi connectivity index (χ0v) is 27.0. The van der Waals surface area contributed by atoms with Crippen molar-refractivity contribution < 1.29 is 28.5 Å². The predicted octanol–water partition coefficient (Wildman–Crippen LogP) is 5.17. The fraction of sp³-hybridized carbons (Fsp3) is 0.576. The van der Waals surface area contributed by atoms with E-state index in [2.05, 4.69) is 30.0 Å². The van der Waals surface area contributed by atoms with Gasteiger partial charge in [-0.2, -0.15) is 15.1 Å². The number of hydrogen-bond donors (Lipinski definition) is 3. The maximum absolute atomic E-state index is 16.8. The van der Waals surface area contributed by atoms with E-state index in [9.17, 15) is 14.6 Å². The molecule has 1 aromatic carbocycles. The molecular formula is C33H38ClF2N7O4. The molecule has 1 aliphatic carbocycles. The average Bonchev–Trinajstić information content (AvgIpc) is 3.73. The minimum absolute atomic E-state index is 0.000639. The molecule has 47 heavy (non-hydrogen) atoms. The van der Waals surface area contributed by atoms with E-state index in [1.807, 2.05) is 0 Å². The molecule has 4 fully saturated rings. The van der Waals surface area contributed by atoms with E-state index in [4.69, 9.17) is 26.1 Å². The van der Waals surface area contributed by atoms with Crippen molar-refractivity contribution in [2.24, 2.45) is 5.41 Å². The standard InChI is InChI=1S/C33H38ClF2N7O4/c1-46-9-6-33(45)15-31(16-33)4-2-7-42(17-31)29-21-12-37-27(24-20-13-38-41-23(20)10-22(34)28(24)44)25(36)26(21)39-30(40-29)47-18-32-5-3-8-43(32)14-19(35)11-32/h10,12-13,19,44-45H,2-9,11,14-18H2,1H3,(H,38,41)/t19-,31?,32+,33?/m1/s1. The van der Waals surface area contributed by atoms with Gasteiger partial charge in [0, 0.05) is 51.4 Å². The highest BCUT2D eigenvalue weighted by molar-refractivity contribution is 6.33. The van der Waals surface area contributed by atoms with Crippen LogP contribution < -0.4 is 9.64 Å². The van der Waals surface area contributed by atoms with E-state index < -0.39 is 23.1 Å². The molecule has 1 saturated carbocycles. The largest absolute Gasteiger partial charge is 0.506 e. The van der Waals surface area contributed by atoms with Crippen molar-refractivity contribution in [1.29, 1.82) is 0 Å². The van der Waals surface area contributed by atoms with E-state index in [-0.39, 0.29) is 45.6 Å². The topological polar surface area (TPSA) is 133 Å². The first kappa shape index (κ1) is 30.9. The number of ether oxygens (including phenoxy) is 2. The van der Waals surface area contributed by atoms with Crippen LogP contribution in [0.3, 0.4) is 0 Å². The van der Waals surface area contributed by atoms with Crippen LogP contribution >= 0.6 is 11.6 Å². The van der Waals surface area contributed by atoms with Gasteiger partial charge in [-0.25, -0.2) is 8.78 Å². The lowest BCUT2D eigenvalue weighted by Crippen LogP contribution is -2.59. The summed E-state index contributed by atoms with van der Waals surface area (Å²) in [6.07, 6.45) is 7.98. The lowest BCUT2D eigenvalue weighted by atomic mass is 9.55. The number of fused-ring (bicyclic) bond motifs is 3. The normalized spacial score (nSPS) is 29.2. The van der Waals surface area contributed by atoms with Crippen LogP contribution in [0.5, 0.6) is 11.8 Å². The number of alkyl halides is 1. The number of aromatic hydroxyl groups is 1. The number of nitrogens with zero attached hydrogens (tertiary/aromatic N) is 6. The summed E-state index contributed by atoms with van der Waals surface area (Å²) in [5, 5.41) is 29.8. The third-order valence-corrected chi connectivity index (χ3v) is 11.2. The Balaban J connectivity index is 1.20. The van der Waals surface area contributed by atoms with Crippen LogP contribution in [0.2, 0.25) is 5.02 Å². The number of pyridine rings is 1. The Kier molecular flexibility index (Phi) is 7.47. The number of halogens is 3. The van der Waals surface area contributed by atoms with Crippen molar-refractivity contribution >= 4 is 39.2 Å². The van der Waals surface area contributed by atoms with Crippen molar-refractivity contribution in [3.05, 3.63) is 29.3 Å². The molecular weight excluding hydrogens is 632 g/mol. The molecule has 3 N–H and O–H groups in total. The van der Waals surface area contributed by atoms with Gasteiger partial charge in [0.25, 0.3) is 0 Å². The van der Waals surface area contributed by atoms with Crippen LogP contribution in [0, 0.1) is 11.2 Å². The van der Waals surface area contributed by atoms with Gasteiger partial charge in [0.2, 0.25) is 0 Å². The summed E-state index contributed by atoms with van der Waals surface area (Å²) in [6.45, 7) is 3.20. The quantitative estimate of drug-likeness (QED) is 0.231. The number of anilines is 1. The first-order valence-electron chi connectivity index (χ1n) is 16.3. The zero-order valence-electron chi connectivity index (χ0n) is 26.2. The number of phenolic OH excluding ortho intramolecular Hbond substituents is 1. The first-order chi connectivity index (χ1) is 22.6. The first-order valence-corrected chi connectivity index (χ1v) is 16.7. The Labute approximate surface area is 275 Å². The molecule has 250 valence electrons. The third kappa shape index (κ3) is 5.17. The molecule has 3 aliphatic heterocycles.